The molecule has 1 N–H and O–H groups in total. The number of azide groups is 1. The summed E-state index contributed by atoms with van der Waals surface area (Å²) in [5.41, 5.74) is 8.79. The summed E-state index contributed by atoms with van der Waals surface area (Å²) in [7, 11) is -2.06. The standard InChI is InChI=1S/C26H52N4O2Si/c1-8-9-10-11-12-13-14-15-16-17-18-19-20-21-25(32-33(6,7)26(3,4)5)24(22-28-30-27)29-23(2)31/h20-21,24-25H,8-19,22H2,1-7H3,(H,29,31)/b21-20+/t24-,25+/m0/s1. The lowest BCUT2D eigenvalue weighted by Crippen LogP contribution is -2.52. The third kappa shape index (κ3) is 16.0. The molecule has 0 aliphatic rings. The van der Waals surface area contributed by atoms with Crippen molar-refractivity contribution in [3.05, 3.63) is 22.6 Å². The summed E-state index contributed by atoms with van der Waals surface area (Å²) in [6, 6.07) is -0.360. The van der Waals surface area contributed by atoms with Gasteiger partial charge in [-0.1, -0.05) is 109 Å². The molecule has 33 heavy (non-hydrogen) atoms. The van der Waals surface area contributed by atoms with Crippen LogP contribution >= 0.6 is 0 Å². The molecule has 0 spiro atoms. The zero-order chi connectivity index (χ0) is 25.2. The van der Waals surface area contributed by atoms with Gasteiger partial charge in [-0.3, -0.25) is 4.79 Å². The summed E-state index contributed by atoms with van der Waals surface area (Å²) in [5.74, 6) is -0.143. The first-order valence-corrected chi connectivity index (χ1v) is 16.1. The molecule has 0 heterocycles. The second-order valence-corrected chi connectivity index (χ2v) is 15.6. The second kappa shape index (κ2) is 18.1. The number of nitrogens with zero attached hydrogens (tertiary/aromatic N) is 3. The third-order valence-electron chi connectivity index (χ3n) is 6.66. The predicted octanol–water partition coefficient (Wildman–Crippen LogP) is 8.45. The van der Waals surface area contributed by atoms with Crippen molar-refractivity contribution in [3.63, 3.8) is 0 Å². The van der Waals surface area contributed by atoms with Crippen LogP contribution in [0.15, 0.2) is 17.3 Å². The van der Waals surface area contributed by atoms with Crippen molar-refractivity contribution in [2.75, 3.05) is 6.54 Å². The highest BCUT2D eigenvalue weighted by Crippen LogP contribution is 2.37. The SMILES string of the molecule is CCCCCCCCCCCCC/C=C/[C@@H](O[Si](C)(C)C(C)(C)C)[C@H](CN=[N+]=[N-])NC(C)=O. The minimum Gasteiger partial charge on any atom is -0.408 e. The van der Waals surface area contributed by atoms with Crippen LogP contribution < -0.4 is 5.32 Å². The zero-order valence-electron chi connectivity index (χ0n) is 22.7. The first kappa shape index (κ1) is 31.7. The number of nitrogens with one attached hydrogen (secondary N) is 1. The first-order valence-electron chi connectivity index (χ1n) is 13.2. The molecule has 0 fully saturated rings. The number of carbonyl (C=O) groups is 1. The number of carbonyl (C=O) groups excluding carboxylic acids is 1. The Balaban J connectivity index is 4.64. The number of hydrogen-bond donors (Lipinski definition) is 1. The van der Waals surface area contributed by atoms with Crippen molar-refractivity contribution in [2.24, 2.45) is 5.11 Å². The molecule has 0 aliphatic carbocycles. The largest absolute Gasteiger partial charge is 0.408 e. The summed E-state index contributed by atoms with van der Waals surface area (Å²) >= 11 is 0. The molecule has 0 aromatic rings. The van der Waals surface area contributed by atoms with Crippen molar-refractivity contribution in [1.29, 1.82) is 0 Å². The van der Waals surface area contributed by atoms with Crippen LogP contribution in [0.1, 0.15) is 112 Å². The molecule has 192 valence electrons. The van der Waals surface area contributed by atoms with E-state index >= 15 is 0 Å². The highest BCUT2D eigenvalue weighted by molar-refractivity contribution is 6.74. The summed E-state index contributed by atoms with van der Waals surface area (Å²) in [6.07, 6.45) is 19.6. The Hall–Kier alpha value is -1.30. The van der Waals surface area contributed by atoms with Crippen LogP contribution in [0.25, 0.3) is 10.4 Å². The fourth-order valence-electron chi connectivity index (χ4n) is 3.55. The molecule has 0 radical (unpaired) electrons. The molecule has 0 bridgehead atoms. The number of rotatable bonds is 19. The first-order chi connectivity index (χ1) is 15.5. The molecule has 0 aromatic heterocycles. The molecule has 2 atom stereocenters. The molecule has 0 rings (SSSR count). The molecule has 6 nitrogen and oxygen atoms in total. The lowest BCUT2D eigenvalue weighted by atomic mass is 10.0. The zero-order valence-corrected chi connectivity index (χ0v) is 23.7. The van der Waals surface area contributed by atoms with Crippen molar-refractivity contribution >= 4 is 14.2 Å². The van der Waals surface area contributed by atoms with Gasteiger partial charge in [0.15, 0.2) is 8.32 Å². The van der Waals surface area contributed by atoms with Gasteiger partial charge in [-0.05, 0) is 36.5 Å². The summed E-state index contributed by atoms with van der Waals surface area (Å²) < 4.78 is 6.62. The van der Waals surface area contributed by atoms with Gasteiger partial charge in [0.2, 0.25) is 5.91 Å². The van der Waals surface area contributed by atoms with E-state index in [9.17, 15) is 4.79 Å². The minimum atomic E-state index is -2.06. The maximum Gasteiger partial charge on any atom is 0.217 e. The third-order valence-corrected chi connectivity index (χ3v) is 11.1. The molecule has 0 saturated heterocycles. The Bertz CT molecular complexity index is 592. The van der Waals surface area contributed by atoms with E-state index in [1.165, 1.54) is 77.6 Å². The lowest BCUT2D eigenvalue weighted by molar-refractivity contribution is -0.120. The number of allylic oxidation sites excluding steroid dienone is 1. The van der Waals surface area contributed by atoms with Crippen LogP contribution in [-0.4, -0.2) is 32.9 Å². The van der Waals surface area contributed by atoms with Gasteiger partial charge < -0.3 is 9.74 Å². The fourth-order valence-corrected chi connectivity index (χ4v) is 4.82. The maximum atomic E-state index is 11.8. The maximum absolute atomic E-state index is 11.8. The van der Waals surface area contributed by atoms with Gasteiger partial charge >= 0.3 is 0 Å². The Labute approximate surface area is 205 Å². The molecular weight excluding hydrogens is 428 g/mol. The Morgan fingerprint density at radius 3 is 2.00 bits per heavy atom. The van der Waals surface area contributed by atoms with Crippen molar-refractivity contribution in [2.45, 2.75) is 142 Å². The number of unbranched alkanes of at least 4 members (excludes halogenated alkanes) is 11. The highest BCUT2D eigenvalue weighted by Gasteiger charge is 2.40. The average Bonchev–Trinajstić information content (AvgIpc) is 2.72. The fraction of sp³-hybridized carbons (Fsp3) is 0.885. The van der Waals surface area contributed by atoms with Crippen LogP contribution in [0.3, 0.4) is 0 Å². The van der Waals surface area contributed by atoms with Crippen molar-refractivity contribution in [1.82, 2.24) is 5.32 Å². The Morgan fingerprint density at radius 2 is 1.55 bits per heavy atom. The van der Waals surface area contributed by atoms with E-state index in [1.807, 2.05) is 0 Å². The van der Waals surface area contributed by atoms with Gasteiger partial charge in [0.1, 0.15) is 0 Å². The minimum absolute atomic E-state index is 0.0500. The molecule has 0 aromatic carbocycles. The van der Waals surface area contributed by atoms with Gasteiger partial charge in [0.05, 0.1) is 12.1 Å². The second-order valence-electron chi connectivity index (χ2n) is 10.8. The van der Waals surface area contributed by atoms with E-state index in [2.05, 4.69) is 68.3 Å². The van der Waals surface area contributed by atoms with Crippen molar-refractivity contribution < 1.29 is 9.22 Å². The van der Waals surface area contributed by atoms with Crippen LogP contribution in [0.5, 0.6) is 0 Å². The Morgan fingerprint density at radius 1 is 1.03 bits per heavy atom. The van der Waals surface area contributed by atoms with Gasteiger partial charge in [-0.25, -0.2) is 0 Å². The topological polar surface area (TPSA) is 87.1 Å². The molecular formula is C26H52N4O2Si. The van der Waals surface area contributed by atoms with Gasteiger partial charge in [0, 0.05) is 18.4 Å². The van der Waals surface area contributed by atoms with Crippen molar-refractivity contribution in [3.8, 4) is 0 Å². The van der Waals surface area contributed by atoms with Crippen LogP contribution in [0, 0.1) is 0 Å². The van der Waals surface area contributed by atoms with Gasteiger partial charge in [-0.2, -0.15) is 0 Å². The van der Waals surface area contributed by atoms with E-state index < -0.39 is 8.32 Å². The summed E-state index contributed by atoms with van der Waals surface area (Å²) in [6.45, 7) is 14.9. The highest BCUT2D eigenvalue weighted by atomic mass is 28.4. The Kier molecular flexibility index (Phi) is 17.4. The molecule has 0 aliphatic heterocycles. The van der Waals surface area contributed by atoms with E-state index in [0.29, 0.717) is 0 Å². The molecule has 1 amide bonds. The predicted molar refractivity (Wildman–Crippen MR) is 144 cm³/mol. The normalized spacial score (nSPS) is 14.2. The molecule has 0 saturated carbocycles. The monoisotopic (exact) mass is 480 g/mol. The van der Waals surface area contributed by atoms with E-state index in [4.69, 9.17) is 9.96 Å². The molecule has 0 unspecified atom stereocenters. The smallest absolute Gasteiger partial charge is 0.217 e. The molecule has 7 heteroatoms. The summed E-state index contributed by atoms with van der Waals surface area (Å²) in [5, 5.41) is 6.70. The van der Waals surface area contributed by atoms with E-state index in [-0.39, 0.29) is 29.6 Å². The average molecular weight is 481 g/mol. The van der Waals surface area contributed by atoms with Gasteiger partial charge in [0.25, 0.3) is 0 Å². The van der Waals surface area contributed by atoms with Crippen LogP contribution in [0.2, 0.25) is 18.1 Å². The number of amides is 1. The van der Waals surface area contributed by atoms with Crippen LogP contribution in [-0.2, 0) is 9.22 Å². The summed E-state index contributed by atoms with van der Waals surface area (Å²) in [4.78, 5) is 14.6. The van der Waals surface area contributed by atoms with Gasteiger partial charge in [-0.15, -0.1) is 0 Å². The number of hydrogen-bond acceptors (Lipinski definition) is 3. The lowest BCUT2D eigenvalue weighted by Gasteiger charge is -2.40. The van der Waals surface area contributed by atoms with E-state index in [1.54, 1.807) is 0 Å². The van der Waals surface area contributed by atoms with Crippen LogP contribution in [0.4, 0.5) is 0 Å². The van der Waals surface area contributed by atoms with E-state index in [0.717, 1.165) is 6.42 Å². The quantitative estimate of drug-likeness (QED) is 0.0502.